The maximum atomic E-state index is 3.69. The number of rotatable bonds is 4. The van der Waals surface area contributed by atoms with Crippen LogP contribution in [0.1, 0.15) is 52.9 Å². The Labute approximate surface area is 101 Å². The molecule has 2 aliphatic rings. The van der Waals surface area contributed by atoms with Crippen molar-refractivity contribution in [3.63, 3.8) is 0 Å². The van der Waals surface area contributed by atoms with Gasteiger partial charge in [-0.1, -0.05) is 27.2 Å². The molecule has 1 N–H and O–H groups in total. The molecule has 1 saturated heterocycles. The van der Waals surface area contributed by atoms with Gasteiger partial charge in [0.25, 0.3) is 0 Å². The third-order valence-electron chi connectivity index (χ3n) is 4.48. The van der Waals surface area contributed by atoms with E-state index in [9.17, 15) is 0 Å². The predicted octanol–water partition coefficient (Wildman–Crippen LogP) is 2.64. The third-order valence-corrected chi connectivity index (χ3v) is 4.48. The summed E-state index contributed by atoms with van der Waals surface area (Å²) in [5.41, 5.74) is 0. The minimum atomic E-state index is 0.768. The van der Waals surface area contributed by atoms with Crippen LogP contribution < -0.4 is 5.32 Å². The quantitative estimate of drug-likeness (QED) is 0.790. The molecule has 0 aromatic rings. The number of hydrogen-bond donors (Lipinski definition) is 1. The van der Waals surface area contributed by atoms with Crippen molar-refractivity contribution in [2.75, 3.05) is 13.1 Å². The second-order valence-electron chi connectivity index (χ2n) is 5.85. The molecule has 2 nitrogen and oxygen atoms in total. The van der Waals surface area contributed by atoms with E-state index in [0.29, 0.717) is 0 Å². The largest absolute Gasteiger partial charge is 0.313 e. The molecule has 2 rings (SSSR count). The van der Waals surface area contributed by atoms with Gasteiger partial charge in [0.15, 0.2) is 0 Å². The standard InChI is InChI=1S/C14H28N2/c1-4-15-12-7-5-8-14(12)16-10-6-9-13(16)11(2)3/h11-15H,4-10H2,1-3H3. The minimum Gasteiger partial charge on any atom is -0.313 e. The van der Waals surface area contributed by atoms with Gasteiger partial charge in [0.05, 0.1) is 0 Å². The van der Waals surface area contributed by atoms with E-state index in [2.05, 4.69) is 31.0 Å². The average Bonchev–Trinajstić information content (AvgIpc) is 2.83. The minimum absolute atomic E-state index is 0.768. The van der Waals surface area contributed by atoms with Gasteiger partial charge >= 0.3 is 0 Å². The molecule has 1 aliphatic heterocycles. The zero-order valence-electron chi connectivity index (χ0n) is 11.2. The Balaban J connectivity index is 1.99. The lowest BCUT2D eigenvalue weighted by Crippen LogP contribution is -2.50. The van der Waals surface area contributed by atoms with E-state index >= 15 is 0 Å². The van der Waals surface area contributed by atoms with E-state index in [1.807, 2.05) is 0 Å². The van der Waals surface area contributed by atoms with Crippen LogP contribution in [0.25, 0.3) is 0 Å². The number of hydrogen-bond acceptors (Lipinski definition) is 2. The first-order valence-corrected chi connectivity index (χ1v) is 7.23. The van der Waals surface area contributed by atoms with Crippen LogP contribution in [-0.2, 0) is 0 Å². The van der Waals surface area contributed by atoms with Crippen LogP contribution in [-0.4, -0.2) is 36.1 Å². The second-order valence-corrected chi connectivity index (χ2v) is 5.85. The number of likely N-dealkylation sites (N-methyl/N-ethyl adjacent to an activating group) is 1. The van der Waals surface area contributed by atoms with Crippen molar-refractivity contribution in [2.45, 2.75) is 71.0 Å². The summed E-state index contributed by atoms with van der Waals surface area (Å²) in [6, 6.07) is 2.45. The van der Waals surface area contributed by atoms with Crippen molar-refractivity contribution in [1.82, 2.24) is 10.2 Å². The zero-order valence-corrected chi connectivity index (χ0v) is 11.2. The van der Waals surface area contributed by atoms with Crippen molar-refractivity contribution in [2.24, 2.45) is 5.92 Å². The van der Waals surface area contributed by atoms with Crippen LogP contribution in [0.5, 0.6) is 0 Å². The molecule has 1 aliphatic carbocycles. The Morgan fingerprint density at radius 1 is 1.19 bits per heavy atom. The fraction of sp³-hybridized carbons (Fsp3) is 1.00. The highest BCUT2D eigenvalue weighted by Gasteiger charge is 2.38. The lowest BCUT2D eigenvalue weighted by molar-refractivity contribution is 0.129. The van der Waals surface area contributed by atoms with E-state index in [0.717, 1.165) is 30.6 Å². The maximum absolute atomic E-state index is 3.69. The number of nitrogens with zero attached hydrogens (tertiary/aromatic N) is 1. The summed E-state index contributed by atoms with van der Waals surface area (Å²) in [6.45, 7) is 9.48. The smallest absolute Gasteiger partial charge is 0.0252 e. The summed E-state index contributed by atoms with van der Waals surface area (Å²) in [5.74, 6) is 0.824. The predicted molar refractivity (Wildman–Crippen MR) is 69.7 cm³/mol. The first-order valence-electron chi connectivity index (χ1n) is 7.23. The van der Waals surface area contributed by atoms with Gasteiger partial charge < -0.3 is 5.32 Å². The van der Waals surface area contributed by atoms with E-state index in [-0.39, 0.29) is 0 Å². The Bertz CT molecular complexity index is 215. The summed E-state index contributed by atoms with van der Waals surface area (Å²) in [7, 11) is 0. The molecule has 0 bridgehead atoms. The lowest BCUT2D eigenvalue weighted by Gasteiger charge is -2.36. The monoisotopic (exact) mass is 224 g/mol. The molecule has 0 aromatic carbocycles. The van der Waals surface area contributed by atoms with E-state index in [1.165, 1.54) is 38.6 Å². The van der Waals surface area contributed by atoms with Gasteiger partial charge in [-0.05, 0) is 44.7 Å². The number of nitrogens with one attached hydrogen (secondary N) is 1. The fourth-order valence-electron chi connectivity index (χ4n) is 3.78. The molecule has 0 spiro atoms. The van der Waals surface area contributed by atoms with Gasteiger partial charge in [0.1, 0.15) is 0 Å². The molecule has 0 aromatic heterocycles. The molecule has 0 radical (unpaired) electrons. The first kappa shape index (κ1) is 12.4. The van der Waals surface area contributed by atoms with Crippen molar-refractivity contribution >= 4 is 0 Å². The van der Waals surface area contributed by atoms with E-state index < -0.39 is 0 Å². The molecule has 0 amide bonds. The van der Waals surface area contributed by atoms with Crippen molar-refractivity contribution in [3.8, 4) is 0 Å². The highest BCUT2D eigenvalue weighted by atomic mass is 15.2. The average molecular weight is 224 g/mol. The molecule has 2 fully saturated rings. The van der Waals surface area contributed by atoms with Crippen LogP contribution in [0.3, 0.4) is 0 Å². The summed E-state index contributed by atoms with van der Waals surface area (Å²) in [5, 5.41) is 3.69. The molecule has 94 valence electrons. The highest BCUT2D eigenvalue weighted by Crippen LogP contribution is 2.33. The topological polar surface area (TPSA) is 15.3 Å². The van der Waals surface area contributed by atoms with Gasteiger partial charge in [-0.2, -0.15) is 0 Å². The van der Waals surface area contributed by atoms with Crippen LogP contribution in [0, 0.1) is 5.92 Å². The van der Waals surface area contributed by atoms with Crippen molar-refractivity contribution in [3.05, 3.63) is 0 Å². The first-order chi connectivity index (χ1) is 7.74. The molecular formula is C14H28N2. The maximum Gasteiger partial charge on any atom is 0.0252 e. The lowest BCUT2D eigenvalue weighted by atomic mass is 9.99. The molecule has 3 atom stereocenters. The fourth-order valence-corrected chi connectivity index (χ4v) is 3.78. The normalized spacial score (nSPS) is 36.4. The Morgan fingerprint density at radius 3 is 2.69 bits per heavy atom. The SMILES string of the molecule is CCNC1CCCC1N1CCCC1C(C)C. The van der Waals surface area contributed by atoms with Gasteiger partial charge in [-0.25, -0.2) is 0 Å². The summed E-state index contributed by atoms with van der Waals surface area (Å²) < 4.78 is 0. The third kappa shape index (κ3) is 2.43. The van der Waals surface area contributed by atoms with E-state index in [1.54, 1.807) is 0 Å². The molecular weight excluding hydrogens is 196 g/mol. The molecule has 1 saturated carbocycles. The van der Waals surface area contributed by atoms with Crippen LogP contribution in [0.4, 0.5) is 0 Å². The van der Waals surface area contributed by atoms with Gasteiger partial charge in [-0.15, -0.1) is 0 Å². The Morgan fingerprint density at radius 2 is 2.00 bits per heavy atom. The second kappa shape index (κ2) is 5.50. The summed E-state index contributed by atoms with van der Waals surface area (Å²) in [4.78, 5) is 2.82. The summed E-state index contributed by atoms with van der Waals surface area (Å²) >= 11 is 0. The molecule has 1 heterocycles. The van der Waals surface area contributed by atoms with Crippen molar-refractivity contribution < 1.29 is 0 Å². The molecule has 3 unspecified atom stereocenters. The van der Waals surface area contributed by atoms with E-state index in [4.69, 9.17) is 0 Å². The Hall–Kier alpha value is -0.0800. The Kier molecular flexibility index (Phi) is 4.26. The number of likely N-dealkylation sites (tertiary alicyclic amines) is 1. The highest BCUT2D eigenvalue weighted by molar-refractivity contribution is 4.95. The van der Waals surface area contributed by atoms with Crippen LogP contribution in [0.15, 0.2) is 0 Å². The molecule has 2 heteroatoms. The zero-order chi connectivity index (χ0) is 11.5. The van der Waals surface area contributed by atoms with Gasteiger partial charge in [-0.3, -0.25) is 4.90 Å². The van der Waals surface area contributed by atoms with Gasteiger partial charge in [0.2, 0.25) is 0 Å². The summed E-state index contributed by atoms with van der Waals surface area (Å²) in [6.07, 6.45) is 7.07. The van der Waals surface area contributed by atoms with Crippen molar-refractivity contribution in [1.29, 1.82) is 0 Å². The van der Waals surface area contributed by atoms with Crippen LogP contribution in [0.2, 0.25) is 0 Å². The molecule has 16 heavy (non-hydrogen) atoms. The van der Waals surface area contributed by atoms with Crippen LogP contribution >= 0.6 is 0 Å². The van der Waals surface area contributed by atoms with Gasteiger partial charge in [0, 0.05) is 18.1 Å².